The molecule has 0 saturated carbocycles. The van der Waals surface area contributed by atoms with Crippen molar-refractivity contribution in [1.29, 1.82) is 0 Å². The molecule has 2 aromatic rings. The third kappa shape index (κ3) is 2.83. The fraction of sp³-hybridized carbons (Fsp3) is 0.474. The number of fused-ring (bicyclic) bond motifs is 1. The van der Waals surface area contributed by atoms with E-state index in [9.17, 15) is 0 Å². The fourth-order valence-electron chi connectivity index (χ4n) is 3.76. The van der Waals surface area contributed by atoms with Crippen molar-refractivity contribution in [2.45, 2.75) is 25.8 Å². The molecule has 1 heterocycles. The van der Waals surface area contributed by atoms with Crippen LogP contribution in [0.1, 0.15) is 31.4 Å². The van der Waals surface area contributed by atoms with Crippen molar-refractivity contribution >= 4 is 10.8 Å². The average molecular weight is 298 g/mol. The molecule has 22 heavy (non-hydrogen) atoms. The van der Waals surface area contributed by atoms with Crippen molar-refractivity contribution < 1.29 is 4.74 Å². The summed E-state index contributed by atoms with van der Waals surface area (Å²) in [5, 5.41) is 2.51. The summed E-state index contributed by atoms with van der Waals surface area (Å²) in [6.07, 6.45) is 2.57. The molecule has 1 saturated heterocycles. The molecule has 118 valence electrons. The summed E-state index contributed by atoms with van der Waals surface area (Å²) in [6, 6.07) is 13.0. The van der Waals surface area contributed by atoms with E-state index < -0.39 is 0 Å². The highest BCUT2D eigenvalue weighted by molar-refractivity contribution is 5.88. The normalized spacial score (nSPS) is 21.0. The fourth-order valence-corrected chi connectivity index (χ4v) is 3.76. The number of likely N-dealkylation sites (tertiary alicyclic amines) is 1. The van der Waals surface area contributed by atoms with Crippen LogP contribution in [-0.2, 0) is 0 Å². The van der Waals surface area contributed by atoms with Gasteiger partial charge in [-0.2, -0.15) is 0 Å². The number of rotatable bonds is 4. The SMILES string of the molecule is COc1ccc2ccccc2c1[C@H](CN)N1CCC[C@H](C)C1. The number of nitrogens with two attached hydrogens (primary N) is 1. The van der Waals surface area contributed by atoms with Crippen LogP contribution in [0.5, 0.6) is 5.75 Å². The Morgan fingerprint density at radius 1 is 1.27 bits per heavy atom. The zero-order chi connectivity index (χ0) is 15.5. The van der Waals surface area contributed by atoms with Gasteiger partial charge in [0, 0.05) is 18.7 Å². The van der Waals surface area contributed by atoms with Crippen LogP contribution in [0.25, 0.3) is 10.8 Å². The Hall–Kier alpha value is -1.58. The van der Waals surface area contributed by atoms with Crippen molar-refractivity contribution in [3.05, 3.63) is 42.0 Å². The van der Waals surface area contributed by atoms with Gasteiger partial charge in [-0.15, -0.1) is 0 Å². The molecular weight excluding hydrogens is 272 g/mol. The molecule has 2 N–H and O–H groups in total. The van der Waals surface area contributed by atoms with Crippen LogP contribution in [0.3, 0.4) is 0 Å². The number of methoxy groups -OCH3 is 1. The summed E-state index contributed by atoms with van der Waals surface area (Å²) in [4.78, 5) is 2.54. The minimum absolute atomic E-state index is 0.226. The van der Waals surface area contributed by atoms with E-state index >= 15 is 0 Å². The van der Waals surface area contributed by atoms with Crippen LogP contribution in [0, 0.1) is 5.92 Å². The van der Waals surface area contributed by atoms with Gasteiger partial charge in [-0.3, -0.25) is 4.90 Å². The molecule has 3 nitrogen and oxygen atoms in total. The summed E-state index contributed by atoms with van der Waals surface area (Å²) >= 11 is 0. The summed E-state index contributed by atoms with van der Waals surface area (Å²) in [6.45, 7) is 5.20. The van der Waals surface area contributed by atoms with Crippen molar-refractivity contribution in [3.8, 4) is 5.75 Å². The number of ether oxygens (including phenoxy) is 1. The minimum Gasteiger partial charge on any atom is -0.496 e. The molecule has 0 bridgehead atoms. The lowest BCUT2D eigenvalue weighted by Crippen LogP contribution is -2.40. The third-order valence-corrected chi connectivity index (χ3v) is 4.84. The summed E-state index contributed by atoms with van der Waals surface area (Å²) < 4.78 is 5.67. The van der Waals surface area contributed by atoms with E-state index in [-0.39, 0.29) is 6.04 Å². The Balaban J connectivity index is 2.08. The molecule has 0 amide bonds. The summed E-state index contributed by atoms with van der Waals surface area (Å²) in [5.41, 5.74) is 7.45. The first-order valence-corrected chi connectivity index (χ1v) is 8.24. The van der Waals surface area contributed by atoms with Gasteiger partial charge in [-0.25, -0.2) is 0 Å². The van der Waals surface area contributed by atoms with E-state index in [0.717, 1.165) is 24.8 Å². The first-order chi connectivity index (χ1) is 10.7. The van der Waals surface area contributed by atoms with Crippen LogP contribution in [0.4, 0.5) is 0 Å². The Bertz CT molecular complexity index is 640. The van der Waals surface area contributed by atoms with Crippen molar-refractivity contribution in [3.63, 3.8) is 0 Å². The highest BCUT2D eigenvalue weighted by Crippen LogP contribution is 2.37. The molecule has 3 heteroatoms. The number of nitrogens with zero attached hydrogens (tertiary/aromatic N) is 1. The predicted molar refractivity (Wildman–Crippen MR) is 92.3 cm³/mol. The van der Waals surface area contributed by atoms with Crippen molar-refractivity contribution in [2.24, 2.45) is 11.7 Å². The van der Waals surface area contributed by atoms with Gasteiger partial charge in [-0.05, 0) is 42.1 Å². The number of hydrogen-bond donors (Lipinski definition) is 1. The minimum atomic E-state index is 0.226. The Morgan fingerprint density at radius 2 is 2.09 bits per heavy atom. The molecule has 1 aliphatic heterocycles. The van der Waals surface area contributed by atoms with Gasteiger partial charge in [-0.1, -0.05) is 37.3 Å². The second-order valence-electron chi connectivity index (χ2n) is 6.40. The number of hydrogen-bond acceptors (Lipinski definition) is 3. The van der Waals surface area contributed by atoms with Gasteiger partial charge in [0.25, 0.3) is 0 Å². The maximum atomic E-state index is 6.20. The van der Waals surface area contributed by atoms with Crippen molar-refractivity contribution in [2.75, 3.05) is 26.7 Å². The molecule has 0 unspecified atom stereocenters. The standard InChI is InChI=1S/C19H26N2O/c1-14-6-5-11-21(13-14)17(12-20)19-16-8-4-3-7-15(16)9-10-18(19)22-2/h3-4,7-10,14,17H,5-6,11-13,20H2,1-2H3/t14-,17-/m0/s1. The third-order valence-electron chi connectivity index (χ3n) is 4.84. The summed E-state index contributed by atoms with van der Waals surface area (Å²) in [5.74, 6) is 1.69. The van der Waals surface area contributed by atoms with Gasteiger partial charge < -0.3 is 10.5 Å². The topological polar surface area (TPSA) is 38.5 Å². The van der Waals surface area contributed by atoms with E-state index in [1.807, 2.05) is 0 Å². The van der Waals surface area contributed by atoms with Gasteiger partial charge in [0.2, 0.25) is 0 Å². The second kappa shape index (κ2) is 6.67. The molecular formula is C19H26N2O. The molecule has 2 aromatic carbocycles. The quantitative estimate of drug-likeness (QED) is 0.937. The smallest absolute Gasteiger partial charge is 0.124 e. The van der Waals surface area contributed by atoms with E-state index in [1.54, 1.807) is 7.11 Å². The van der Waals surface area contributed by atoms with Gasteiger partial charge in [0.1, 0.15) is 5.75 Å². The Labute approximate surface area is 133 Å². The monoisotopic (exact) mass is 298 g/mol. The van der Waals surface area contributed by atoms with E-state index in [4.69, 9.17) is 10.5 Å². The van der Waals surface area contributed by atoms with E-state index in [1.165, 1.54) is 29.2 Å². The van der Waals surface area contributed by atoms with E-state index in [2.05, 4.69) is 48.2 Å². The predicted octanol–water partition coefficient (Wildman–Crippen LogP) is 3.58. The maximum Gasteiger partial charge on any atom is 0.124 e. The number of benzene rings is 2. The molecule has 0 spiro atoms. The first-order valence-electron chi connectivity index (χ1n) is 8.24. The van der Waals surface area contributed by atoms with Crippen LogP contribution >= 0.6 is 0 Å². The molecule has 1 fully saturated rings. The summed E-state index contributed by atoms with van der Waals surface area (Å²) in [7, 11) is 1.75. The van der Waals surface area contributed by atoms with Crippen LogP contribution < -0.4 is 10.5 Å². The van der Waals surface area contributed by atoms with Gasteiger partial charge in [0.05, 0.1) is 13.2 Å². The molecule has 0 aliphatic carbocycles. The molecule has 3 rings (SSSR count). The second-order valence-corrected chi connectivity index (χ2v) is 6.40. The molecule has 0 radical (unpaired) electrons. The first kappa shape index (κ1) is 15.3. The van der Waals surface area contributed by atoms with Crippen molar-refractivity contribution in [1.82, 2.24) is 4.90 Å². The lowest BCUT2D eigenvalue weighted by Gasteiger charge is -2.38. The largest absolute Gasteiger partial charge is 0.496 e. The zero-order valence-corrected chi connectivity index (χ0v) is 13.6. The lowest BCUT2D eigenvalue weighted by molar-refractivity contribution is 0.132. The molecule has 1 aliphatic rings. The van der Waals surface area contributed by atoms with Crippen LogP contribution in [0.2, 0.25) is 0 Å². The average Bonchev–Trinajstić information content (AvgIpc) is 2.56. The van der Waals surface area contributed by atoms with Gasteiger partial charge in [0.15, 0.2) is 0 Å². The molecule has 0 aromatic heterocycles. The highest BCUT2D eigenvalue weighted by atomic mass is 16.5. The van der Waals surface area contributed by atoms with Gasteiger partial charge >= 0.3 is 0 Å². The van der Waals surface area contributed by atoms with Crippen LogP contribution in [-0.4, -0.2) is 31.6 Å². The Morgan fingerprint density at radius 3 is 2.82 bits per heavy atom. The van der Waals surface area contributed by atoms with Crippen LogP contribution in [0.15, 0.2) is 36.4 Å². The Kier molecular flexibility index (Phi) is 4.65. The lowest BCUT2D eigenvalue weighted by atomic mass is 9.92. The zero-order valence-electron chi connectivity index (χ0n) is 13.6. The maximum absolute atomic E-state index is 6.20. The number of piperidine rings is 1. The van der Waals surface area contributed by atoms with E-state index in [0.29, 0.717) is 6.54 Å². The molecule has 2 atom stereocenters. The highest BCUT2D eigenvalue weighted by Gasteiger charge is 2.27.